The van der Waals surface area contributed by atoms with Crippen LogP contribution in [-0.2, 0) is 24.0 Å². The largest absolute Gasteiger partial charge is 0.467 e. The van der Waals surface area contributed by atoms with Crippen molar-refractivity contribution in [2.75, 3.05) is 13.7 Å². The maximum atomic E-state index is 12.1. The molecular weight excluding hydrogens is 238 g/mol. The number of nitrogens with zero attached hydrogens (tertiary/aromatic N) is 1. The van der Waals surface area contributed by atoms with E-state index in [9.17, 15) is 14.4 Å². The molecule has 0 spiro atoms. The molecule has 6 heteroatoms. The molecule has 1 aliphatic heterocycles. The lowest BCUT2D eigenvalue weighted by Gasteiger charge is -2.15. The van der Waals surface area contributed by atoms with Gasteiger partial charge in [0.25, 0.3) is 11.8 Å². The minimum atomic E-state index is -0.617. The number of imide groups is 1. The first-order chi connectivity index (χ1) is 8.63. The van der Waals surface area contributed by atoms with E-state index in [0.717, 1.165) is 11.5 Å². The first kappa shape index (κ1) is 11.4. The lowest BCUT2D eigenvalue weighted by molar-refractivity contribution is -0.195. The summed E-state index contributed by atoms with van der Waals surface area (Å²) in [7, 11) is 1.22. The van der Waals surface area contributed by atoms with Crippen LogP contribution in [0.15, 0.2) is 12.2 Å². The number of methoxy groups -OCH3 is 1. The van der Waals surface area contributed by atoms with Gasteiger partial charge in [0.2, 0.25) is 0 Å². The summed E-state index contributed by atoms with van der Waals surface area (Å²) in [4.78, 5) is 40.1. The van der Waals surface area contributed by atoms with Gasteiger partial charge in [0.05, 0.1) is 18.9 Å². The maximum absolute atomic E-state index is 12.1. The summed E-state index contributed by atoms with van der Waals surface area (Å²) in [5.41, 5.74) is 0. The lowest BCUT2D eigenvalue weighted by Crippen LogP contribution is -2.35. The molecule has 0 unspecified atom stereocenters. The Labute approximate surface area is 103 Å². The molecule has 1 saturated carbocycles. The summed E-state index contributed by atoms with van der Waals surface area (Å²) in [6.45, 7) is -0.420. The molecule has 0 aromatic carbocycles. The molecule has 3 aliphatic rings. The van der Waals surface area contributed by atoms with Crippen LogP contribution in [0.5, 0.6) is 0 Å². The van der Waals surface area contributed by atoms with Crippen molar-refractivity contribution < 1.29 is 24.0 Å². The van der Waals surface area contributed by atoms with Crippen LogP contribution in [-0.4, -0.2) is 36.6 Å². The normalized spacial score (nSPS) is 36.4. The molecule has 96 valence electrons. The summed E-state index contributed by atoms with van der Waals surface area (Å²) < 4.78 is 4.40. The summed E-state index contributed by atoms with van der Waals surface area (Å²) in [5, 5.41) is 0.748. The Balaban J connectivity index is 1.74. The maximum Gasteiger partial charge on any atom is 0.334 e. The first-order valence-electron chi connectivity index (χ1n) is 5.89. The molecule has 0 radical (unpaired) electrons. The number of hydroxylamine groups is 2. The molecule has 2 amide bonds. The van der Waals surface area contributed by atoms with Gasteiger partial charge in [-0.3, -0.25) is 14.4 Å². The minimum absolute atomic E-state index is 0.142. The van der Waals surface area contributed by atoms with E-state index in [0.29, 0.717) is 0 Å². The van der Waals surface area contributed by atoms with Crippen LogP contribution in [0, 0.1) is 23.7 Å². The Morgan fingerprint density at radius 1 is 1.28 bits per heavy atom. The summed E-state index contributed by atoms with van der Waals surface area (Å²) in [6.07, 6.45) is 4.87. The molecule has 0 aromatic rings. The molecule has 2 aliphatic carbocycles. The zero-order valence-corrected chi connectivity index (χ0v) is 9.87. The van der Waals surface area contributed by atoms with Gasteiger partial charge in [0, 0.05) is 0 Å². The van der Waals surface area contributed by atoms with Gasteiger partial charge in [-0.2, -0.15) is 5.06 Å². The quantitative estimate of drug-likeness (QED) is 0.398. The molecular formula is C12H13NO5. The van der Waals surface area contributed by atoms with Crippen molar-refractivity contribution in [2.45, 2.75) is 6.42 Å². The fraction of sp³-hybridized carbons (Fsp3) is 0.583. The van der Waals surface area contributed by atoms with Gasteiger partial charge in [-0.05, 0) is 18.3 Å². The third-order valence-electron chi connectivity index (χ3n) is 3.97. The number of amides is 2. The van der Waals surface area contributed by atoms with Gasteiger partial charge in [0.1, 0.15) is 0 Å². The molecule has 4 atom stereocenters. The highest BCUT2D eigenvalue weighted by Gasteiger charge is 2.60. The average molecular weight is 251 g/mol. The molecule has 18 heavy (non-hydrogen) atoms. The summed E-state index contributed by atoms with van der Waals surface area (Å²) in [6, 6.07) is 0. The van der Waals surface area contributed by atoms with E-state index in [1.807, 2.05) is 12.2 Å². The number of hydrogen-bond acceptors (Lipinski definition) is 5. The standard InChI is InChI=1S/C12H13NO5/c1-17-8(14)5-18-13-11(15)9-6-2-3-7(4-6)10(9)12(13)16/h2-3,6-7,9-10H,4-5H2,1H3/t6-,7-,9+,10+/m0/s1. The van der Waals surface area contributed by atoms with Crippen LogP contribution < -0.4 is 0 Å². The van der Waals surface area contributed by atoms with E-state index in [2.05, 4.69) is 4.74 Å². The van der Waals surface area contributed by atoms with Crippen molar-refractivity contribution in [3.8, 4) is 0 Å². The van der Waals surface area contributed by atoms with Crippen LogP contribution >= 0.6 is 0 Å². The second kappa shape index (κ2) is 3.91. The van der Waals surface area contributed by atoms with Gasteiger partial charge < -0.3 is 4.74 Å². The third-order valence-corrected chi connectivity index (χ3v) is 3.97. The zero-order valence-electron chi connectivity index (χ0n) is 9.87. The Morgan fingerprint density at radius 2 is 1.83 bits per heavy atom. The van der Waals surface area contributed by atoms with Gasteiger partial charge >= 0.3 is 5.97 Å². The molecule has 1 heterocycles. The smallest absolute Gasteiger partial charge is 0.334 e. The van der Waals surface area contributed by atoms with Crippen molar-refractivity contribution in [1.82, 2.24) is 5.06 Å². The van der Waals surface area contributed by atoms with E-state index >= 15 is 0 Å². The van der Waals surface area contributed by atoms with Gasteiger partial charge in [-0.1, -0.05) is 12.2 Å². The number of rotatable bonds is 3. The monoisotopic (exact) mass is 251 g/mol. The van der Waals surface area contributed by atoms with E-state index in [4.69, 9.17) is 4.84 Å². The molecule has 2 fully saturated rings. The van der Waals surface area contributed by atoms with Crippen molar-refractivity contribution >= 4 is 17.8 Å². The van der Waals surface area contributed by atoms with Crippen LogP contribution in [0.4, 0.5) is 0 Å². The second-order valence-electron chi connectivity index (χ2n) is 4.82. The molecule has 6 nitrogen and oxygen atoms in total. The van der Waals surface area contributed by atoms with Crippen molar-refractivity contribution in [2.24, 2.45) is 23.7 Å². The highest BCUT2D eigenvalue weighted by molar-refractivity contribution is 6.05. The summed E-state index contributed by atoms with van der Waals surface area (Å²) >= 11 is 0. The number of allylic oxidation sites excluding steroid dienone is 2. The zero-order chi connectivity index (χ0) is 12.9. The number of esters is 1. The average Bonchev–Trinajstić information content (AvgIpc) is 3.02. The first-order valence-corrected chi connectivity index (χ1v) is 5.89. The van der Waals surface area contributed by atoms with Crippen molar-refractivity contribution in [1.29, 1.82) is 0 Å². The van der Waals surface area contributed by atoms with Crippen LogP contribution in [0.2, 0.25) is 0 Å². The van der Waals surface area contributed by atoms with Crippen LogP contribution in [0.25, 0.3) is 0 Å². The highest BCUT2D eigenvalue weighted by atomic mass is 16.7. The number of hydrogen-bond donors (Lipinski definition) is 0. The van der Waals surface area contributed by atoms with Crippen molar-refractivity contribution in [3.63, 3.8) is 0 Å². The second-order valence-corrected chi connectivity index (χ2v) is 4.82. The molecule has 2 bridgehead atoms. The molecule has 1 saturated heterocycles. The lowest BCUT2D eigenvalue weighted by atomic mass is 9.85. The predicted octanol–water partition coefficient (Wildman–Crippen LogP) is -0.102. The topological polar surface area (TPSA) is 72.9 Å². The van der Waals surface area contributed by atoms with E-state index < -0.39 is 12.6 Å². The van der Waals surface area contributed by atoms with Crippen LogP contribution in [0.3, 0.4) is 0 Å². The van der Waals surface area contributed by atoms with Gasteiger partial charge in [0.15, 0.2) is 6.61 Å². The SMILES string of the molecule is COC(=O)CON1C(=O)[C@H]2[C@H](C1=O)[C@H]1C=C[C@H]2C1. The number of ether oxygens (including phenoxy) is 1. The van der Waals surface area contributed by atoms with Gasteiger partial charge in [-0.15, -0.1) is 0 Å². The fourth-order valence-corrected chi connectivity index (χ4v) is 3.18. The Hall–Kier alpha value is -1.69. The Morgan fingerprint density at radius 3 is 2.33 bits per heavy atom. The Bertz CT molecular complexity index is 427. The number of carbonyl (C=O) groups excluding carboxylic acids is 3. The highest BCUT2D eigenvalue weighted by Crippen LogP contribution is 2.52. The van der Waals surface area contributed by atoms with Crippen molar-refractivity contribution in [3.05, 3.63) is 12.2 Å². The fourth-order valence-electron chi connectivity index (χ4n) is 3.18. The molecule has 0 aromatic heterocycles. The third kappa shape index (κ3) is 1.42. The molecule has 3 rings (SSSR count). The van der Waals surface area contributed by atoms with Crippen LogP contribution in [0.1, 0.15) is 6.42 Å². The van der Waals surface area contributed by atoms with E-state index in [1.165, 1.54) is 7.11 Å². The Kier molecular flexibility index (Phi) is 2.48. The number of fused-ring (bicyclic) bond motifs is 5. The van der Waals surface area contributed by atoms with E-state index in [1.54, 1.807) is 0 Å². The van der Waals surface area contributed by atoms with E-state index in [-0.39, 0.29) is 35.5 Å². The minimum Gasteiger partial charge on any atom is -0.467 e. The predicted molar refractivity (Wildman–Crippen MR) is 57.5 cm³/mol. The molecule has 0 N–H and O–H groups in total. The number of carbonyl (C=O) groups is 3. The summed E-state index contributed by atoms with van der Waals surface area (Å²) in [5.74, 6) is -1.59. The van der Waals surface area contributed by atoms with Gasteiger partial charge in [-0.25, -0.2) is 4.79 Å².